The van der Waals surface area contributed by atoms with Crippen LogP contribution < -0.4 is 15.8 Å². The molecule has 1 heterocycles. The van der Waals surface area contributed by atoms with Crippen LogP contribution >= 0.6 is 0 Å². The Hall–Kier alpha value is -1.55. The molecule has 4 heteroatoms. The molecule has 1 aromatic rings. The van der Waals surface area contributed by atoms with E-state index in [-0.39, 0.29) is 18.2 Å². The Kier molecular flexibility index (Phi) is 2.96. The van der Waals surface area contributed by atoms with Gasteiger partial charge in [-0.05, 0) is 30.9 Å². The van der Waals surface area contributed by atoms with Gasteiger partial charge in [-0.1, -0.05) is 12.1 Å². The number of carbonyl (C=O) groups is 1. The zero-order chi connectivity index (χ0) is 12.5. The van der Waals surface area contributed by atoms with Crippen molar-refractivity contribution in [2.24, 2.45) is 11.8 Å². The van der Waals surface area contributed by atoms with Gasteiger partial charge < -0.3 is 15.3 Å². The maximum absolute atomic E-state index is 11.0. The molecule has 2 aliphatic rings. The number of hydrogen-bond acceptors (Lipinski definition) is 4. The number of nitrogens with two attached hydrogens (primary N) is 1. The van der Waals surface area contributed by atoms with Gasteiger partial charge in [0.15, 0.2) is 6.23 Å². The molecule has 96 valence electrons. The molecule has 1 saturated heterocycles. The van der Waals surface area contributed by atoms with Gasteiger partial charge in [0.1, 0.15) is 12.0 Å². The van der Waals surface area contributed by atoms with Crippen LogP contribution in [0.3, 0.4) is 0 Å². The Labute approximate surface area is 107 Å². The molecular weight excluding hydrogens is 228 g/mol. The van der Waals surface area contributed by atoms with Crippen LogP contribution in [0.25, 0.3) is 0 Å². The second-order valence-corrected chi connectivity index (χ2v) is 5.29. The van der Waals surface area contributed by atoms with Crippen molar-refractivity contribution in [3.8, 4) is 5.75 Å². The summed E-state index contributed by atoms with van der Waals surface area (Å²) in [6.45, 7) is 0. The van der Waals surface area contributed by atoms with Crippen LogP contribution in [0.15, 0.2) is 24.3 Å². The summed E-state index contributed by atoms with van der Waals surface area (Å²) in [5.74, 6) is 1.47. The molecule has 1 aliphatic carbocycles. The van der Waals surface area contributed by atoms with E-state index in [1.807, 2.05) is 24.3 Å². The fourth-order valence-corrected chi connectivity index (χ4v) is 3.15. The van der Waals surface area contributed by atoms with Gasteiger partial charge in [0, 0.05) is 18.4 Å². The second-order valence-electron chi connectivity index (χ2n) is 5.29. The summed E-state index contributed by atoms with van der Waals surface area (Å²) in [5.41, 5.74) is 6.52. The zero-order valence-corrected chi connectivity index (χ0v) is 10.2. The number of benzene rings is 1. The molecule has 18 heavy (non-hydrogen) atoms. The van der Waals surface area contributed by atoms with Crippen molar-refractivity contribution in [1.82, 2.24) is 5.32 Å². The molecule has 1 saturated carbocycles. The highest BCUT2D eigenvalue weighted by atomic mass is 16.5. The summed E-state index contributed by atoms with van der Waals surface area (Å²) in [7, 11) is 0. The van der Waals surface area contributed by atoms with E-state index in [0.29, 0.717) is 11.6 Å². The topological polar surface area (TPSA) is 64.3 Å². The molecule has 0 radical (unpaired) electrons. The van der Waals surface area contributed by atoms with Gasteiger partial charge in [-0.15, -0.1) is 0 Å². The van der Waals surface area contributed by atoms with Crippen molar-refractivity contribution in [1.29, 1.82) is 0 Å². The van der Waals surface area contributed by atoms with Crippen LogP contribution in [-0.4, -0.2) is 18.6 Å². The van der Waals surface area contributed by atoms with Crippen molar-refractivity contribution in [3.05, 3.63) is 24.3 Å². The van der Waals surface area contributed by atoms with Crippen molar-refractivity contribution in [2.45, 2.75) is 31.5 Å². The predicted molar refractivity (Wildman–Crippen MR) is 69.1 cm³/mol. The maximum Gasteiger partial charge on any atom is 0.150 e. The molecule has 2 bridgehead atoms. The molecule has 3 N–H and O–H groups in total. The number of nitrogen functional groups attached to an aromatic ring is 1. The number of anilines is 1. The van der Waals surface area contributed by atoms with Crippen LogP contribution in [0.1, 0.15) is 19.3 Å². The minimum Gasteiger partial charge on any atom is -0.473 e. The van der Waals surface area contributed by atoms with Gasteiger partial charge in [0.2, 0.25) is 0 Å². The van der Waals surface area contributed by atoms with Gasteiger partial charge in [0.25, 0.3) is 0 Å². The molecule has 2 fully saturated rings. The normalized spacial score (nSPS) is 34.2. The predicted octanol–water partition coefficient (Wildman–Crippen LogP) is 1.56. The van der Waals surface area contributed by atoms with Crippen LogP contribution in [-0.2, 0) is 4.79 Å². The van der Waals surface area contributed by atoms with Crippen LogP contribution in [0.4, 0.5) is 5.69 Å². The summed E-state index contributed by atoms with van der Waals surface area (Å²) in [6.07, 6.45) is 4.09. The van der Waals surface area contributed by atoms with Gasteiger partial charge in [-0.3, -0.25) is 5.32 Å². The van der Waals surface area contributed by atoms with Crippen LogP contribution in [0.2, 0.25) is 0 Å². The summed E-state index contributed by atoms with van der Waals surface area (Å²) < 4.78 is 5.91. The lowest BCUT2D eigenvalue weighted by Gasteiger charge is -2.30. The second kappa shape index (κ2) is 4.61. The molecular formula is C14H18N2O2. The SMILES string of the molecule is Nc1ccccc1OC1CC2CC(C=O)C(C2)N1. The van der Waals surface area contributed by atoms with Crippen LogP contribution in [0.5, 0.6) is 5.75 Å². The summed E-state index contributed by atoms with van der Waals surface area (Å²) in [4.78, 5) is 11.0. The molecule has 4 atom stereocenters. The molecule has 0 spiro atoms. The Bertz CT molecular complexity index is 449. The van der Waals surface area contributed by atoms with E-state index in [2.05, 4.69) is 5.32 Å². The number of fused-ring (bicyclic) bond motifs is 2. The standard InChI is InChI=1S/C14H18N2O2/c15-11-3-1-2-4-13(11)18-14-7-9-5-10(8-17)12(6-9)16-14/h1-4,8-10,12,14,16H,5-7,15H2. The van der Waals surface area contributed by atoms with E-state index in [4.69, 9.17) is 10.5 Å². The van der Waals surface area contributed by atoms with Crippen molar-refractivity contribution >= 4 is 12.0 Å². The fourth-order valence-electron chi connectivity index (χ4n) is 3.15. The van der Waals surface area contributed by atoms with Crippen molar-refractivity contribution in [3.63, 3.8) is 0 Å². The fraction of sp³-hybridized carbons (Fsp3) is 0.500. The lowest BCUT2D eigenvalue weighted by Crippen LogP contribution is -2.46. The number of aldehydes is 1. The largest absolute Gasteiger partial charge is 0.473 e. The number of para-hydroxylation sites is 2. The van der Waals surface area contributed by atoms with Gasteiger partial charge >= 0.3 is 0 Å². The minimum absolute atomic E-state index is 0.0246. The van der Waals surface area contributed by atoms with E-state index in [1.54, 1.807) is 0 Å². The first kappa shape index (κ1) is 11.5. The number of hydrogen-bond donors (Lipinski definition) is 2. The van der Waals surface area contributed by atoms with E-state index >= 15 is 0 Å². The summed E-state index contributed by atoms with van der Waals surface area (Å²) >= 11 is 0. The lowest BCUT2D eigenvalue weighted by molar-refractivity contribution is -0.111. The van der Waals surface area contributed by atoms with E-state index in [1.165, 1.54) is 0 Å². The first-order valence-electron chi connectivity index (χ1n) is 6.49. The summed E-state index contributed by atoms with van der Waals surface area (Å²) in [5, 5.41) is 3.41. The quantitative estimate of drug-likeness (QED) is 0.627. The lowest BCUT2D eigenvalue weighted by atomic mass is 9.99. The van der Waals surface area contributed by atoms with E-state index in [9.17, 15) is 4.79 Å². The molecule has 4 nitrogen and oxygen atoms in total. The third-order valence-corrected chi connectivity index (χ3v) is 4.02. The highest BCUT2D eigenvalue weighted by Crippen LogP contribution is 2.38. The van der Waals surface area contributed by atoms with Gasteiger partial charge in [0.05, 0.1) is 5.69 Å². The highest BCUT2D eigenvalue weighted by molar-refractivity contribution is 5.56. The van der Waals surface area contributed by atoms with E-state index in [0.717, 1.165) is 31.3 Å². The molecule has 0 amide bonds. The number of carbonyl (C=O) groups excluding carboxylic acids is 1. The zero-order valence-electron chi connectivity index (χ0n) is 10.2. The number of ether oxygens (including phenoxy) is 1. The number of piperidine rings is 1. The molecule has 3 rings (SSSR count). The molecule has 1 aliphatic heterocycles. The average Bonchev–Trinajstić information content (AvgIpc) is 2.67. The molecule has 1 aromatic carbocycles. The number of rotatable bonds is 3. The first-order valence-corrected chi connectivity index (χ1v) is 6.49. The van der Waals surface area contributed by atoms with Crippen LogP contribution in [0, 0.1) is 11.8 Å². The Balaban J connectivity index is 1.69. The molecule has 4 unspecified atom stereocenters. The minimum atomic E-state index is -0.0246. The third kappa shape index (κ3) is 2.08. The Morgan fingerprint density at radius 1 is 1.28 bits per heavy atom. The Morgan fingerprint density at radius 3 is 2.89 bits per heavy atom. The van der Waals surface area contributed by atoms with Gasteiger partial charge in [-0.2, -0.15) is 0 Å². The van der Waals surface area contributed by atoms with Crippen molar-refractivity contribution in [2.75, 3.05) is 5.73 Å². The maximum atomic E-state index is 11.0. The van der Waals surface area contributed by atoms with Gasteiger partial charge in [-0.25, -0.2) is 0 Å². The summed E-state index contributed by atoms with van der Waals surface area (Å²) in [6, 6.07) is 7.79. The average molecular weight is 246 g/mol. The molecule has 0 aromatic heterocycles. The number of nitrogens with one attached hydrogen (secondary N) is 1. The first-order chi connectivity index (χ1) is 8.76. The Morgan fingerprint density at radius 2 is 2.11 bits per heavy atom. The monoisotopic (exact) mass is 246 g/mol. The smallest absolute Gasteiger partial charge is 0.150 e. The van der Waals surface area contributed by atoms with Crippen molar-refractivity contribution < 1.29 is 9.53 Å². The highest BCUT2D eigenvalue weighted by Gasteiger charge is 2.41. The van der Waals surface area contributed by atoms with E-state index < -0.39 is 0 Å². The third-order valence-electron chi connectivity index (χ3n) is 4.02.